The molecule has 0 radical (unpaired) electrons. The number of piperidine rings is 1. The fraction of sp³-hybridized carbons (Fsp3) is 0.412. The molecular weight excluding hydrogens is 308 g/mol. The largest absolute Gasteiger partial charge is 0.481 e. The third-order valence-corrected chi connectivity index (χ3v) is 4.47. The number of rotatable bonds is 3. The standard InChI is InChI=1S/C17H20N4O3/c1-11-4-3-5-14(8-11)21-10-15(18-19-21)16(22)20-9-13(17(23)24)7-6-12(20)2/h3-5,8,10,12-13H,6-7,9H2,1-2H3,(H,23,24). The molecule has 2 aromatic rings. The number of carboxylic acid groups (broad SMARTS) is 1. The molecule has 3 rings (SSSR count). The van der Waals surface area contributed by atoms with Crippen molar-refractivity contribution in [1.29, 1.82) is 0 Å². The molecule has 1 aliphatic rings. The van der Waals surface area contributed by atoms with Gasteiger partial charge in [0.25, 0.3) is 5.91 Å². The molecule has 0 spiro atoms. The SMILES string of the molecule is Cc1cccc(-n2cc(C(=O)N3CC(C(=O)O)CCC3C)nn2)c1. The maximum absolute atomic E-state index is 12.7. The maximum atomic E-state index is 12.7. The highest BCUT2D eigenvalue weighted by atomic mass is 16.4. The van der Waals surface area contributed by atoms with E-state index in [-0.39, 0.29) is 24.2 Å². The first kappa shape index (κ1) is 16.2. The van der Waals surface area contributed by atoms with Crippen LogP contribution in [0.3, 0.4) is 0 Å². The second kappa shape index (κ2) is 6.43. The van der Waals surface area contributed by atoms with E-state index in [4.69, 9.17) is 0 Å². The van der Waals surface area contributed by atoms with Gasteiger partial charge < -0.3 is 10.0 Å². The Bertz CT molecular complexity index is 771. The number of benzene rings is 1. The third kappa shape index (κ3) is 3.15. The lowest BCUT2D eigenvalue weighted by Gasteiger charge is -2.35. The first-order valence-electron chi connectivity index (χ1n) is 7.99. The van der Waals surface area contributed by atoms with E-state index in [9.17, 15) is 14.7 Å². The molecule has 1 aromatic heterocycles. The van der Waals surface area contributed by atoms with E-state index in [1.54, 1.807) is 15.8 Å². The van der Waals surface area contributed by atoms with Crippen LogP contribution in [0.1, 0.15) is 35.8 Å². The van der Waals surface area contributed by atoms with Crippen molar-refractivity contribution in [3.8, 4) is 5.69 Å². The van der Waals surface area contributed by atoms with Gasteiger partial charge in [-0.15, -0.1) is 5.10 Å². The van der Waals surface area contributed by atoms with E-state index in [1.165, 1.54) is 0 Å². The molecule has 24 heavy (non-hydrogen) atoms. The average Bonchev–Trinajstić information content (AvgIpc) is 3.04. The second-order valence-electron chi connectivity index (χ2n) is 6.31. The highest BCUT2D eigenvalue weighted by Gasteiger charge is 2.33. The second-order valence-corrected chi connectivity index (χ2v) is 6.31. The molecule has 0 aliphatic carbocycles. The van der Waals surface area contributed by atoms with Crippen molar-refractivity contribution in [3.63, 3.8) is 0 Å². The number of carbonyl (C=O) groups is 2. The molecule has 1 saturated heterocycles. The first-order valence-corrected chi connectivity index (χ1v) is 7.99. The summed E-state index contributed by atoms with van der Waals surface area (Å²) in [6.45, 7) is 4.13. The molecule has 1 fully saturated rings. The summed E-state index contributed by atoms with van der Waals surface area (Å²) in [5.74, 6) is -1.65. The number of nitrogens with zero attached hydrogens (tertiary/aromatic N) is 4. The summed E-state index contributed by atoms with van der Waals surface area (Å²) in [6.07, 6.45) is 2.86. The maximum Gasteiger partial charge on any atom is 0.308 e. The molecule has 126 valence electrons. The molecule has 1 aromatic carbocycles. The fourth-order valence-corrected chi connectivity index (χ4v) is 3.00. The zero-order chi connectivity index (χ0) is 17.3. The van der Waals surface area contributed by atoms with Gasteiger partial charge in [-0.3, -0.25) is 9.59 Å². The van der Waals surface area contributed by atoms with Crippen LogP contribution in [0, 0.1) is 12.8 Å². The van der Waals surface area contributed by atoms with Gasteiger partial charge >= 0.3 is 5.97 Å². The summed E-state index contributed by atoms with van der Waals surface area (Å²) in [6, 6.07) is 7.73. The Balaban J connectivity index is 1.81. The number of hydrogen-bond donors (Lipinski definition) is 1. The molecule has 7 nitrogen and oxygen atoms in total. The fourth-order valence-electron chi connectivity index (χ4n) is 3.00. The quantitative estimate of drug-likeness (QED) is 0.929. The number of carboxylic acids is 1. The van der Waals surface area contributed by atoms with Crippen molar-refractivity contribution in [2.45, 2.75) is 32.7 Å². The highest BCUT2D eigenvalue weighted by Crippen LogP contribution is 2.23. The Morgan fingerprint density at radius 3 is 2.79 bits per heavy atom. The zero-order valence-corrected chi connectivity index (χ0v) is 13.7. The topological polar surface area (TPSA) is 88.3 Å². The molecule has 0 saturated carbocycles. The molecule has 2 unspecified atom stereocenters. The summed E-state index contributed by atoms with van der Waals surface area (Å²) in [5.41, 5.74) is 2.15. The van der Waals surface area contributed by atoms with Crippen LogP contribution in [-0.4, -0.2) is 49.5 Å². The number of amides is 1. The Morgan fingerprint density at radius 1 is 1.29 bits per heavy atom. The number of aliphatic carboxylic acids is 1. The van der Waals surface area contributed by atoms with Crippen molar-refractivity contribution in [2.24, 2.45) is 5.92 Å². The van der Waals surface area contributed by atoms with Crippen LogP contribution in [0.25, 0.3) is 5.69 Å². The van der Waals surface area contributed by atoms with Crippen molar-refractivity contribution in [3.05, 3.63) is 41.7 Å². The lowest BCUT2D eigenvalue weighted by atomic mass is 9.93. The number of likely N-dealkylation sites (tertiary alicyclic amines) is 1. The molecule has 7 heteroatoms. The monoisotopic (exact) mass is 328 g/mol. The van der Waals surface area contributed by atoms with E-state index >= 15 is 0 Å². The predicted molar refractivity (Wildman–Crippen MR) is 87.0 cm³/mol. The van der Waals surface area contributed by atoms with Gasteiger partial charge in [-0.05, 0) is 44.4 Å². The van der Waals surface area contributed by atoms with Crippen LogP contribution in [0.5, 0.6) is 0 Å². The summed E-state index contributed by atoms with van der Waals surface area (Å²) in [7, 11) is 0. The minimum Gasteiger partial charge on any atom is -0.481 e. The molecule has 1 amide bonds. The van der Waals surface area contributed by atoms with Gasteiger partial charge in [0.1, 0.15) is 0 Å². The van der Waals surface area contributed by atoms with Crippen LogP contribution >= 0.6 is 0 Å². The van der Waals surface area contributed by atoms with Gasteiger partial charge in [-0.1, -0.05) is 17.3 Å². The number of aryl methyl sites for hydroxylation is 1. The average molecular weight is 328 g/mol. The molecule has 2 heterocycles. The summed E-state index contributed by atoms with van der Waals surface area (Å²) in [5, 5.41) is 17.2. The van der Waals surface area contributed by atoms with E-state index in [0.717, 1.165) is 11.3 Å². The number of hydrogen-bond acceptors (Lipinski definition) is 4. The lowest BCUT2D eigenvalue weighted by Crippen LogP contribution is -2.47. The van der Waals surface area contributed by atoms with Crippen molar-refractivity contribution in [2.75, 3.05) is 6.54 Å². The van der Waals surface area contributed by atoms with Crippen LogP contribution < -0.4 is 0 Å². The Morgan fingerprint density at radius 2 is 2.08 bits per heavy atom. The molecule has 1 aliphatic heterocycles. The summed E-state index contributed by atoms with van der Waals surface area (Å²) >= 11 is 0. The molecular formula is C17H20N4O3. The minimum absolute atomic E-state index is 0.00257. The molecule has 2 atom stereocenters. The molecule has 1 N–H and O–H groups in total. The molecule has 0 bridgehead atoms. The number of carbonyl (C=O) groups excluding carboxylic acids is 1. The number of aromatic nitrogens is 3. The summed E-state index contributed by atoms with van der Waals surface area (Å²) < 4.78 is 1.56. The van der Waals surface area contributed by atoms with Crippen molar-refractivity contribution in [1.82, 2.24) is 19.9 Å². The van der Waals surface area contributed by atoms with Crippen LogP contribution in [0.15, 0.2) is 30.5 Å². The Kier molecular flexibility index (Phi) is 4.33. The van der Waals surface area contributed by atoms with Gasteiger partial charge in [0.2, 0.25) is 0 Å². The van der Waals surface area contributed by atoms with E-state index in [2.05, 4.69) is 10.3 Å². The van der Waals surface area contributed by atoms with E-state index in [0.29, 0.717) is 12.8 Å². The van der Waals surface area contributed by atoms with Crippen molar-refractivity contribution >= 4 is 11.9 Å². The smallest absolute Gasteiger partial charge is 0.308 e. The van der Waals surface area contributed by atoms with E-state index in [1.807, 2.05) is 38.1 Å². The van der Waals surface area contributed by atoms with Crippen LogP contribution in [0.2, 0.25) is 0 Å². The third-order valence-electron chi connectivity index (χ3n) is 4.47. The normalized spacial score (nSPS) is 20.8. The highest BCUT2D eigenvalue weighted by molar-refractivity contribution is 5.92. The van der Waals surface area contributed by atoms with E-state index < -0.39 is 11.9 Å². The minimum atomic E-state index is -0.858. The van der Waals surface area contributed by atoms with Crippen molar-refractivity contribution < 1.29 is 14.7 Å². The van der Waals surface area contributed by atoms with Crippen LogP contribution in [-0.2, 0) is 4.79 Å². The van der Waals surface area contributed by atoms with Gasteiger partial charge in [0.15, 0.2) is 5.69 Å². The predicted octanol–water partition coefficient (Wildman–Crippen LogP) is 1.90. The zero-order valence-electron chi connectivity index (χ0n) is 13.7. The van der Waals surface area contributed by atoms with Gasteiger partial charge in [0.05, 0.1) is 17.8 Å². The van der Waals surface area contributed by atoms with Gasteiger partial charge in [-0.25, -0.2) is 4.68 Å². The van der Waals surface area contributed by atoms with Gasteiger partial charge in [-0.2, -0.15) is 0 Å². The van der Waals surface area contributed by atoms with Gasteiger partial charge in [0, 0.05) is 12.6 Å². The lowest BCUT2D eigenvalue weighted by molar-refractivity contribution is -0.143. The van der Waals surface area contributed by atoms with Crippen LogP contribution in [0.4, 0.5) is 0 Å². The Hall–Kier alpha value is -2.70. The Labute approximate surface area is 139 Å². The summed E-state index contributed by atoms with van der Waals surface area (Å²) in [4.78, 5) is 25.5. The first-order chi connectivity index (χ1) is 11.5.